The van der Waals surface area contributed by atoms with Crippen LogP contribution in [0.15, 0.2) is 46.9 Å². The molecule has 2 aromatic rings. The van der Waals surface area contributed by atoms with Crippen LogP contribution in [0.1, 0.15) is 22.9 Å². The summed E-state index contributed by atoms with van der Waals surface area (Å²) >= 11 is 12.7. The third kappa shape index (κ3) is 2.57. The van der Waals surface area contributed by atoms with Gasteiger partial charge in [-0.25, -0.2) is 5.01 Å². The van der Waals surface area contributed by atoms with E-state index in [0.29, 0.717) is 10.1 Å². The summed E-state index contributed by atoms with van der Waals surface area (Å²) in [6, 6.07) is 11.9. The van der Waals surface area contributed by atoms with Gasteiger partial charge in [0.15, 0.2) is 5.11 Å². The molecule has 3 nitrogen and oxygen atoms in total. The molecule has 1 unspecified atom stereocenters. The van der Waals surface area contributed by atoms with Gasteiger partial charge in [-0.3, -0.25) is 0 Å². The van der Waals surface area contributed by atoms with E-state index >= 15 is 0 Å². The minimum Gasteiger partial charge on any atom is -0.375 e. The molecule has 0 spiro atoms. The molecule has 2 heterocycles. The van der Waals surface area contributed by atoms with Gasteiger partial charge in [0.05, 0.1) is 11.8 Å². The first-order valence-corrected chi connectivity index (χ1v) is 7.77. The van der Waals surface area contributed by atoms with E-state index in [0.717, 1.165) is 17.7 Å². The average Bonchev–Trinajstić information content (AvgIpc) is 3.08. The summed E-state index contributed by atoms with van der Waals surface area (Å²) < 4.78 is 0. The molecular formula is C14H12ClN3S2. The van der Waals surface area contributed by atoms with Gasteiger partial charge in [0.2, 0.25) is 0 Å². The van der Waals surface area contributed by atoms with Gasteiger partial charge in [-0.05, 0) is 41.4 Å². The number of benzene rings is 1. The number of thiocarbonyl (C=S) groups is 1. The summed E-state index contributed by atoms with van der Waals surface area (Å²) in [6.07, 6.45) is 0.791. The van der Waals surface area contributed by atoms with E-state index in [-0.39, 0.29) is 6.04 Å². The Morgan fingerprint density at radius 2 is 2.10 bits per heavy atom. The van der Waals surface area contributed by atoms with Gasteiger partial charge < -0.3 is 5.73 Å². The van der Waals surface area contributed by atoms with Crippen molar-refractivity contribution in [2.75, 3.05) is 0 Å². The summed E-state index contributed by atoms with van der Waals surface area (Å²) in [5.41, 5.74) is 7.82. The van der Waals surface area contributed by atoms with Crippen molar-refractivity contribution in [3.05, 3.63) is 57.2 Å². The van der Waals surface area contributed by atoms with Crippen molar-refractivity contribution in [2.45, 2.75) is 12.5 Å². The SMILES string of the molecule is NC(=S)N1N=C(c2ccc(Cl)cc2)CC1c1cccs1. The zero-order valence-corrected chi connectivity index (χ0v) is 12.9. The molecule has 102 valence electrons. The van der Waals surface area contributed by atoms with Crippen LogP contribution in [-0.4, -0.2) is 15.8 Å². The second kappa shape index (κ2) is 5.52. The lowest BCUT2D eigenvalue weighted by molar-refractivity contribution is 0.378. The summed E-state index contributed by atoms with van der Waals surface area (Å²) in [5.74, 6) is 0. The fourth-order valence-electron chi connectivity index (χ4n) is 2.23. The predicted octanol–water partition coefficient (Wildman–Crippen LogP) is 3.80. The second-order valence-corrected chi connectivity index (χ2v) is 6.31. The van der Waals surface area contributed by atoms with Gasteiger partial charge >= 0.3 is 0 Å². The van der Waals surface area contributed by atoms with Crippen molar-refractivity contribution in [3.8, 4) is 0 Å². The molecule has 6 heteroatoms. The Bertz CT molecular complexity index is 650. The molecule has 0 fully saturated rings. The van der Waals surface area contributed by atoms with Crippen LogP contribution in [0.25, 0.3) is 0 Å². The van der Waals surface area contributed by atoms with Gasteiger partial charge in [0.25, 0.3) is 0 Å². The molecule has 1 aromatic carbocycles. The Labute approximate surface area is 131 Å². The molecule has 3 rings (SSSR count). The van der Waals surface area contributed by atoms with Crippen LogP contribution in [0, 0.1) is 0 Å². The fraction of sp³-hybridized carbons (Fsp3) is 0.143. The van der Waals surface area contributed by atoms with Crippen molar-refractivity contribution in [1.29, 1.82) is 0 Å². The largest absolute Gasteiger partial charge is 0.375 e. The molecule has 0 bridgehead atoms. The van der Waals surface area contributed by atoms with Gasteiger partial charge in [0.1, 0.15) is 0 Å². The average molecular weight is 322 g/mol. The lowest BCUT2D eigenvalue weighted by Crippen LogP contribution is -2.31. The Balaban J connectivity index is 1.92. The molecule has 1 aliphatic heterocycles. The van der Waals surface area contributed by atoms with Crippen LogP contribution in [0.5, 0.6) is 0 Å². The van der Waals surface area contributed by atoms with Crippen LogP contribution in [0.3, 0.4) is 0 Å². The van der Waals surface area contributed by atoms with Crippen LogP contribution in [0.4, 0.5) is 0 Å². The minimum atomic E-state index is 0.0955. The van der Waals surface area contributed by atoms with Crippen LogP contribution < -0.4 is 5.73 Å². The van der Waals surface area contributed by atoms with Crippen molar-refractivity contribution < 1.29 is 0 Å². The van der Waals surface area contributed by atoms with Gasteiger partial charge in [-0.15, -0.1) is 11.3 Å². The van der Waals surface area contributed by atoms with Crippen molar-refractivity contribution >= 4 is 46.0 Å². The van der Waals surface area contributed by atoms with E-state index in [1.165, 1.54) is 4.88 Å². The van der Waals surface area contributed by atoms with Gasteiger partial charge in [-0.2, -0.15) is 5.10 Å². The molecule has 1 aliphatic rings. The fourth-order valence-corrected chi connectivity index (χ4v) is 3.34. The molecule has 2 N–H and O–H groups in total. The Morgan fingerprint density at radius 1 is 1.35 bits per heavy atom. The first-order valence-electron chi connectivity index (χ1n) is 6.10. The molecule has 0 saturated heterocycles. The number of thiophene rings is 1. The van der Waals surface area contributed by atoms with Crippen molar-refractivity contribution in [1.82, 2.24) is 5.01 Å². The molecule has 0 radical (unpaired) electrons. The zero-order valence-electron chi connectivity index (χ0n) is 10.5. The minimum absolute atomic E-state index is 0.0955. The van der Waals surface area contributed by atoms with Crippen LogP contribution >= 0.6 is 35.2 Å². The first-order chi connectivity index (χ1) is 9.65. The number of rotatable bonds is 2. The number of hydrazone groups is 1. The molecular weight excluding hydrogens is 310 g/mol. The maximum Gasteiger partial charge on any atom is 0.187 e. The van der Waals surface area contributed by atoms with E-state index in [4.69, 9.17) is 29.6 Å². The third-order valence-corrected chi connectivity index (χ3v) is 4.60. The Morgan fingerprint density at radius 3 is 2.70 bits per heavy atom. The van der Waals surface area contributed by atoms with Crippen molar-refractivity contribution in [2.24, 2.45) is 10.8 Å². The molecule has 1 aromatic heterocycles. The number of hydrogen-bond donors (Lipinski definition) is 1. The molecule has 0 amide bonds. The van der Waals surface area contributed by atoms with Crippen LogP contribution in [-0.2, 0) is 0 Å². The van der Waals surface area contributed by atoms with Gasteiger partial charge in [-0.1, -0.05) is 29.8 Å². The van der Waals surface area contributed by atoms with Gasteiger partial charge in [0, 0.05) is 16.3 Å². The monoisotopic (exact) mass is 321 g/mol. The summed E-state index contributed by atoms with van der Waals surface area (Å²) in [4.78, 5) is 1.21. The lowest BCUT2D eigenvalue weighted by Gasteiger charge is -2.20. The van der Waals surface area contributed by atoms with E-state index in [2.05, 4.69) is 11.2 Å². The highest BCUT2D eigenvalue weighted by Gasteiger charge is 2.30. The Kier molecular flexibility index (Phi) is 3.74. The summed E-state index contributed by atoms with van der Waals surface area (Å²) in [6.45, 7) is 0. The summed E-state index contributed by atoms with van der Waals surface area (Å²) in [5, 5.41) is 9.36. The zero-order chi connectivity index (χ0) is 14.1. The standard InChI is InChI=1S/C14H12ClN3S2/c15-10-5-3-9(4-6-10)11-8-12(13-2-1-7-20-13)18(17-11)14(16)19/h1-7,12H,8H2,(H2,16,19). The third-order valence-electron chi connectivity index (χ3n) is 3.19. The smallest absolute Gasteiger partial charge is 0.187 e. The molecule has 0 aliphatic carbocycles. The van der Waals surface area contributed by atoms with E-state index < -0.39 is 0 Å². The molecule has 0 saturated carbocycles. The molecule has 1 atom stereocenters. The quantitative estimate of drug-likeness (QED) is 0.855. The predicted molar refractivity (Wildman–Crippen MR) is 88.3 cm³/mol. The van der Waals surface area contributed by atoms with E-state index in [1.807, 2.05) is 35.7 Å². The number of nitrogens with two attached hydrogens (primary N) is 1. The Hall–Kier alpha value is -1.43. The second-order valence-electron chi connectivity index (χ2n) is 4.47. The highest BCUT2D eigenvalue weighted by molar-refractivity contribution is 7.80. The topological polar surface area (TPSA) is 41.6 Å². The van der Waals surface area contributed by atoms with Crippen molar-refractivity contribution in [3.63, 3.8) is 0 Å². The van der Waals surface area contributed by atoms with Crippen LogP contribution in [0.2, 0.25) is 5.02 Å². The lowest BCUT2D eigenvalue weighted by atomic mass is 10.0. The normalized spacial score (nSPS) is 18.1. The van der Waals surface area contributed by atoms with E-state index in [9.17, 15) is 0 Å². The highest BCUT2D eigenvalue weighted by atomic mass is 35.5. The number of nitrogens with zero attached hydrogens (tertiary/aromatic N) is 2. The first kappa shape index (κ1) is 13.5. The summed E-state index contributed by atoms with van der Waals surface area (Å²) in [7, 11) is 0. The highest BCUT2D eigenvalue weighted by Crippen LogP contribution is 2.34. The van der Waals surface area contributed by atoms with E-state index in [1.54, 1.807) is 16.3 Å². The number of halogens is 1. The molecule has 20 heavy (non-hydrogen) atoms. The number of hydrogen-bond acceptors (Lipinski definition) is 3. The maximum absolute atomic E-state index is 5.92. The maximum atomic E-state index is 5.92.